The summed E-state index contributed by atoms with van der Waals surface area (Å²) in [6, 6.07) is 8.62. The number of aromatic nitrogens is 4. The number of anilines is 1. The van der Waals surface area contributed by atoms with Gasteiger partial charge in [0, 0.05) is 43.4 Å². The second kappa shape index (κ2) is 7.23. The number of nitrogens with zero attached hydrogens (tertiary/aromatic N) is 4. The van der Waals surface area contributed by atoms with E-state index < -0.39 is 0 Å². The van der Waals surface area contributed by atoms with Gasteiger partial charge in [-0.05, 0) is 30.3 Å². The van der Waals surface area contributed by atoms with Gasteiger partial charge in [-0.15, -0.1) is 0 Å². The van der Waals surface area contributed by atoms with Crippen LogP contribution < -0.4 is 15.4 Å². The highest BCUT2D eigenvalue weighted by Crippen LogP contribution is 2.19. The highest BCUT2D eigenvalue weighted by Gasteiger charge is 2.04. The molecule has 2 heterocycles. The SMILES string of the molecule is Cn1cc(CNC(=O)Nc2ccc(Oc3ncccn3)cc2)cn1. The van der Waals surface area contributed by atoms with E-state index in [-0.39, 0.29) is 12.0 Å². The highest BCUT2D eigenvalue weighted by molar-refractivity contribution is 5.89. The van der Waals surface area contributed by atoms with Crippen LogP contribution in [0, 0.1) is 0 Å². The molecular weight excluding hydrogens is 308 g/mol. The van der Waals surface area contributed by atoms with Crippen molar-refractivity contribution in [3.63, 3.8) is 0 Å². The smallest absolute Gasteiger partial charge is 0.321 e. The molecule has 0 aliphatic carbocycles. The van der Waals surface area contributed by atoms with Crippen molar-refractivity contribution in [2.75, 3.05) is 5.32 Å². The molecule has 1 aromatic carbocycles. The molecule has 0 radical (unpaired) electrons. The molecule has 0 saturated heterocycles. The van der Waals surface area contributed by atoms with E-state index in [2.05, 4.69) is 25.7 Å². The molecule has 0 bridgehead atoms. The Balaban J connectivity index is 1.51. The molecule has 3 rings (SSSR count). The predicted molar refractivity (Wildman–Crippen MR) is 87.6 cm³/mol. The summed E-state index contributed by atoms with van der Waals surface area (Å²) >= 11 is 0. The Kier molecular flexibility index (Phi) is 4.66. The number of rotatable bonds is 5. The van der Waals surface area contributed by atoms with Crippen molar-refractivity contribution in [2.45, 2.75) is 6.54 Å². The van der Waals surface area contributed by atoms with Crippen LogP contribution in [0.5, 0.6) is 11.8 Å². The van der Waals surface area contributed by atoms with E-state index >= 15 is 0 Å². The molecule has 0 aliphatic rings. The van der Waals surface area contributed by atoms with E-state index in [9.17, 15) is 4.79 Å². The van der Waals surface area contributed by atoms with Crippen molar-refractivity contribution in [1.82, 2.24) is 25.1 Å². The molecule has 3 aromatic rings. The maximum Gasteiger partial charge on any atom is 0.321 e. The molecule has 24 heavy (non-hydrogen) atoms. The van der Waals surface area contributed by atoms with Gasteiger partial charge in [-0.2, -0.15) is 5.10 Å². The lowest BCUT2D eigenvalue weighted by Crippen LogP contribution is -2.27. The summed E-state index contributed by atoms with van der Waals surface area (Å²) in [7, 11) is 1.83. The Labute approximate surface area is 138 Å². The number of carbonyl (C=O) groups excluding carboxylic acids is 1. The maximum atomic E-state index is 11.9. The van der Waals surface area contributed by atoms with Crippen LogP contribution in [0.4, 0.5) is 10.5 Å². The third kappa shape index (κ3) is 4.29. The summed E-state index contributed by atoms with van der Waals surface area (Å²) < 4.78 is 7.17. The van der Waals surface area contributed by atoms with Crippen LogP contribution in [-0.4, -0.2) is 25.8 Å². The first-order chi connectivity index (χ1) is 11.7. The van der Waals surface area contributed by atoms with Crippen molar-refractivity contribution in [3.8, 4) is 11.8 Å². The molecule has 2 aromatic heterocycles. The van der Waals surface area contributed by atoms with Gasteiger partial charge in [0.1, 0.15) is 5.75 Å². The lowest BCUT2D eigenvalue weighted by atomic mass is 10.3. The predicted octanol–water partition coefficient (Wildman–Crippen LogP) is 2.32. The van der Waals surface area contributed by atoms with Crippen molar-refractivity contribution < 1.29 is 9.53 Å². The van der Waals surface area contributed by atoms with Gasteiger partial charge in [-0.3, -0.25) is 4.68 Å². The molecule has 0 spiro atoms. The Bertz CT molecular complexity index is 801. The van der Waals surface area contributed by atoms with Crippen LogP contribution in [0.2, 0.25) is 0 Å². The number of amides is 2. The zero-order valence-corrected chi connectivity index (χ0v) is 13.0. The molecule has 0 saturated carbocycles. The fourth-order valence-electron chi connectivity index (χ4n) is 1.97. The fourth-order valence-corrected chi connectivity index (χ4v) is 1.97. The maximum absolute atomic E-state index is 11.9. The van der Waals surface area contributed by atoms with Gasteiger partial charge in [0.15, 0.2) is 0 Å². The molecule has 0 aliphatic heterocycles. The Morgan fingerprint density at radius 3 is 2.62 bits per heavy atom. The van der Waals surface area contributed by atoms with Crippen LogP contribution in [0.25, 0.3) is 0 Å². The van der Waals surface area contributed by atoms with E-state index in [4.69, 9.17) is 4.74 Å². The van der Waals surface area contributed by atoms with Crippen molar-refractivity contribution in [2.24, 2.45) is 7.05 Å². The number of benzene rings is 1. The molecule has 8 nitrogen and oxygen atoms in total. The summed E-state index contributed by atoms with van der Waals surface area (Å²) in [6.07, 6.45) is 6.76. The topological polar surface area (TPSA) is 94.0 Å². The van der Waals surface area contributed by atoms with Gasteiger partial charge in [-0.25, -0.2) is 14.8 Å². The van der Waals surface area contributed by atoms with Crippen molar-refractivity contribution >= 4 is 11.7 Å². The summed E-state index contributed by atoms with van der Waals surface area (Å²) in [5.74, 6) is 0.586. The van der Waals surface area contributed by atoms with Gasteiger partial charge in [0.2, 0.25) is 0 Å². The molecule has 8 heteroatoms. The number of urea groups is 1. The Morgan fingerprint density at radius 2 is 1.96 bits per heavy atom. The quantitative estimate of drug-likeness (QED) is 0.751. The number of ether oxygens (including phenoxy) is 1. The van der Waals surface area contributed by atoms with E-state index in [1.165, 1.54) is 0 Å². The second-order valence-corrected chi connectivity index (χ2v) is 4.99. The first-order valence-corrected chi connectivity index (χ1v) is 7.26. The summed E-state index contributed by atoms with van der Waals surface area (Å²) in [5, 5.41) is 9.55. The third-order valence-corrected chi connectivity index (χ3v) is 3.07. The largest absolute Gasteiger partial charge is 0.424 e. The second-order valence-electron chi connectivity index (χ2n) is 4.99. The number of aryl methyl sites for hydroxylation is 1. The zero-order chi connectivity index (χ0) is 16.8. The number of hydrogen-bond donors (Lipinski definition) is 2. The monoisotopic (exact) mass is 324 g/mol. The molecular formula is C16H16N6O2. The lowest BCUT2D eigenvalue weighted by molar-refractivity contribution is 0.251. The molecule has 0 fully saturated rings. The minimum atomic E-state index is -0.293. The normalized spacial score (nSPS) is 10.2. The number of nitrogens with one attached hydrogen (secondary N) is 2. The van der Waals surface area contributed by atoms with Gasteiger partial charge < -0.3 is 15.4 Å². The van der Waals surface area contributed by atoms with E-state index in [0.29, 0.717) is 18.0 Å². The summed E-state index contributed by atoms with van der Waals surface area (Å²) in [5.41, 5.74) is 1.58. The third-order valence-electron chi connectivity index (χ3n) is 3.07. The van der Waals surface area contributed by atoms with Gasteiger partial charge >= 0.3 is 12.0 Å². The summed E-state index contributed by atoms with van der Waals surface area (Å²) in [4.78, 5) is 19.8. The minimum absolute atomic E-state index is 0.271. The van der Waals surface area contributed by atoms with E-state index in [0.717, 1.165) is 5.56 Å². The molecule has 0 unspecified atom stereocenters. The average molecular weight is 324 g/mol. The van der Waals surface area contributed by atoms with Crippen LogP contribution in [0.1, 0.15) is 5.56 Å². The zero-order valence-electron chi connectivity index (χ0n) is 13.0. The lowest BCUT2D eigenvalue weighted by Gasteiger charge is -2.08. The minimum Gasteiger partial charge on any atom is -0.424 e. The van der Waals surface area contributed by atoms with E-state index in [1.54, 1.807) is 53.6 Å². The van der Waals surface area contributed by atoms with E-state index in [1.807, 2.05) is 13.2 Å². The van der Waals surface area contributed by atoms with Crippen molar-refractivity contribution in [3.05, 3.63) is 60.7 Å². The van der Waals surface area contributed by atoms with Crippen LogP contribution in [0.3, 0.4) is 0 Å². The van der Waals surface area contributed by atoms with Gasteiger partial charge in [0.05, 0.1) is 6.20 Å². The van der Waals surface area contributed by atoms with Gasteiger partial charge in [0.25, 0.3) is 0 Å². The first kappa shape index (κ1) is 15.5. The Morgan fingerprint density at radius 1 is 1.21 bits per heavy atom. The van der Waals surface area contributed by atoms with Crippen LogP contribution in [-0.2, 0) is 13.6 Å². The van der Waals surface area contributed by atoms with Crippen molar-refractivity contribution in [1.29, 1.82) is 0 Å². The van der Waals surface area contributed by atoms with Gasteiger partial charge in [-0.1, -0.05) is 0 Å². The summed E-state index contributed by atoms with van der Waals surface area (Å²) in [6.45, 7) is 0.409. The Hall–Kier alpha value is -3.42. The molecule has 2 amide bonds. The average Bonchev–Trinajstić information content (AvgIpc) is 3.01. The fraction of sp³-hybridized carbons (Fsp3) is 0.125. The molecule has 0 atom stereocenters. The molecule has 122 valence electrons. The van der Waals surface area contributed by atoms with Crippen LogP contribution >= 0.6 is 0 Å². The standard InChI is InChI=1S/C16H16N6O2/c1-22-11-12(10-20-22)9-19-15(23)21-13-3-5-14(6-4-13)24-16-17-7-2-8-18-16/h2-8,10-11H,9H2,1H3,(H2,19,21,23). The number of carbonyl (C=O) groups is 1. The molecule has 2 N–H and O–H groups in total. The number of hydrogen-bond acceptors (Lipinski definition) is 5. The highest BCUT2D eigenvalue weighted by atomic mass is 16.5. The first-order valence-electron chi connectivity index (χ1n) is 7.26. The van der Waals surface area contributed by atoms with Crippen LogP contribution in [0.15, 0.2) is 55.1 Å².